The maximum absolute atomic E-state index is 12.9. The molecule has 1 saturated heterocycles. The van der Waals surface area contributed by atoms with Gasteiger partial charge < -0.3 is 4.90 Å². The summed E-state index contributed by atoms with van der Waals surface area (Å²) in [6, 6.07) is 0.0257. The molecule has 1 heterocycles. The van der Waals surface area contributed by atoms with Gasteiger partial charge in [0.1, 0.15) is 0 Å². The monoisotopic (exact) mass is 294 g/mol. The molecule has 0 aromatic heterocycles. The molecule has 21 heavy (non-hydrogen) atoms. The molecular formula is C18H34N2O. The molecule has 122 valence electrons. The summed E-state index contributed by atoms with van der Waals surface area (Å²) in [5.41, 5.74) is 0.384. The lowest BCUT2D eigenvalue weighted by molar-refractivity contribution is -0.133. The van der Waals surface area contributed by atoms with E-state index in [0.717, 1.165) is 13.0 Å². The van der Waals surface area contributed by atoms with Gasteiger partial charge in [-0.1, -0.05) is 53.9 Å². The van der Waals surface area contributed by atoms with Crippen LogP contribution in [0.3, 0.4) is 0 Å². The quantitative estimate of drug-likeness (QED) is 0.808. The van der Waals surface area contributed by atoms with Crippen LogP contribution in [-0.2, 0) is 4.79 Å². The molecule has 2 rings (SSSR count). The largest absolute Gasteiger partial charge is 0.325 e. The van der Waals surface area contributed by atoms with Crippen LogP contribution >= 0.6 is 0 Å². The Morgan fingerprint density at radius 3 is 2.33 bits per heavy atom. The molecule has 0 aromatic rings. The first-order valence-corrected chi connectivity index (χ1v) is 9.00. The van der Waals surface area contributed by atoms with Crippen LogP contribution < -0.4 is 5.32 Å². The first kappa shape index (κ1) is 16.8. The number of carbonyl (C=O) groups excluding carboxylic acids is 1. The molecule has 0 spiro atoms. The summed E-state index contributed by atoms with van der Waals surface area (Å²) in [6.07, 6.45) is 7.75. The average Bonchev–Trinajstić information content (AvgIpc) is 3.05. The van der Waals surface area contributed by atoms with E-state index in [-0.39, 0.29) is 12.2 Å². The molecule has 0 aromatic carbocycles. The zero-order valence-corrected chi connectivity index (χ0v) is 14.6. The normalized spacial score (nSPS) is 30.4. The second kappa shape index (κ2) is 6.68. The molecule has 1 saturated carbocycles. The average molecular weight is 294 g/mol. The fourth-order valence-corrected chi connectivity index (χ4v) is 4.14. The third-order valence-corrected chi connectivity index (χ3v) is 6.00. The van der Waals surface area contributed by atoms with Crippen LogP contribution in [0.4, 0.5) is 0 Å². The number of nitrogens with one attached hydrogen (secondary N) is 1. The van der Waals surface area contributed by atoms with Crippen LogP contribution in [0.5, 0.6) is 0 Å². The Bertz CT molecular complexity index is 360. The molecule has 0 radical (unpaired) electrons. The fourth-order valence-electron chi connectivity index (χ4n) is 4.14. The smallest absolute Gasteiger partial charge is 0.241 e. The molecule has 2 fully saturated rings. The molecule has 0 bridgehead atoms. The van der Waals surface area contributed by atoms with Crippen LogP contribution in [0.1, 0.15) is 73.1 Å². The van der Waals surface area contributed by atoms with Gasteiger partial charge in [0.05, 0.1) is 12.2 Å². The third kappa shape index (κ3) is 3.28. The van der Waals surface area contributed by atoms with Gasteiger partial charge in [0, 0.05) is 6.54 Å². The number of carbonyl (C=O) groups is 1. The van der Waals surface area contributed by atoms with E-state index in [4.69, 9.17) is 0 Å². The highest BCUT2D eigenvalue weighted by molar-refractivity contribution is 5.84. The predicted molar refractivity (Wildman–Crippen MR) is 87.9 cm³/mol. The zero-order valence-electron chi connectivity index (χ0n) is 14.6. The summed E-state index contributed by atoms with van der Waals surface area (Å²) in [6.45, 7) is 12.1. The van der Waals surface area contributed by atoms with Crippen molar-refractivity contribution in [1.82, 2.24) is 10.2 Å². The Kier molecular flexibility index (Phi) is 5.34. The lowest BCUT2D eigenvalue weighted by atomic mass is 9.82. The molecule has 3 unspecified atom stereocenters. The Morgan fingerprint density at radius 1 is 1.24 bits per heavy atom. The van der Waals surface area contributed by atoms with Crippen LogP contribution in [0.15, 0.2) is 0 Å². The van der Waals surface area contributed by atoms with Crippen molar-refractivity contribution in [2.45, 2.75) is 85.4 Å². The van der Waals surface area contributed by atoms with E-state index in [1.807, 2.05) is 0 Å². The molecule has 3 atom stereocenters. The highest BCUT2D eigenvalue weighted by Crippen LogP contribution is 2.42. The van der Waals surface area contributed by atoms with E-state index in [1.54, 1.807) is 0 Å². The summed E-state index contributed by atoms with van der Waals surface area (Å²) in [5, 5.41) is 3.63. The van der Waals surface area contributed by atoms with Crippen molar-refractivity contribution in [2.24, 2.45) is 17.3 Å². The predicted octanol–water partition coefficient (Wildman–Crippen LogP) is 3.79. The lowest BCUT2D eigenvalue weighted by Crippen LogP contribution is -2.46. The molecule has 2 aliphatic rings. The molecular weight excluding hydrogens is 260 g/mol. The van der Waals surface area contributed by atoms with Crippen molar-refractivity contribution in [1.29, 1.82) is 0 Å². The van der Waals surface area contributed by atoms with E-state index in [0.29, 0.717) is 23.2 Å². The SMILES string of the molecule is CCC(C)C1NC(C(C)C)N(CC2(CC)CCCC2)C1=O. The number of nitrogens with zero attached hydrogens (tertiary/aromatic N) is 1. The number of rotatable bonds is 6. The van der Waals surface area contributed by atoms with Gasteiger partial charge >= 0.3 is 0 Å². The fraction of sp³-hybridized carbons (Fsp3) is 0.944. The minimum Gasteiger partial charge on any atom is -0.325 e. The minimum absolute atomic E-state index is 0.0257. The van der Waals surface area contributed by atoms with Crippen molar-refractivity contribution < 1.29 is 4.79 Å². The molecule has 1 aliphatic heterocycles. The van der Waals surface area contributed by atoms with Gasteiger partial charge in [-0.25, -0.2) is 0 Å². The van der Waals surface area contributed by atoms with Crippen LogP contribution in [0.25, 0.3) is 0 Å². The summed E-state index contributed by atoms with van der Waals surface area (Å²) in [4.78, 5) is 15.1. The standard InChI is InChI=1S/C18H34N2O/c1-6-14(5)15-17(21)20(16(19-15)13(3)4)12-18(7-2)10-8-9-11-18/h13-16,19H,6-12H2,1-5H3. The lowest BCUT2D eigenvalue weighted by Gasteiger charge is -2.36. The van der Waals surface area contributed by atoms with Crippen molar-refractivity contribution in [2.75, 3.05) is 6.54 Å². The van der Waals surface area contributed by atoms with E-state index < -0.39 is 0 Å². The Labute approximate surface area is 130 Å². The number of hydrogen-bond donors (Lipinski definition) is 1. The molecule has 3 nitrogen and oxygen atoms in total. The summed E-state index contributed by atoms with van der Waals surface area (Å²) < 4.78 is 0. The van der Waals surface area contributed by atoms with E-state index in [2.05, 4.69) is 44.8 Å². The van der Waals surface area contributed by atoms with E-state index in [9.17, 15) is 4.79 Å². The Morgan fingerprint density at radius 2 is 1.86 bits per heavy atom. The van der Waals surface area contributed by atoms with Crippen molar-refractivity contribution in [3.05, 3.63) is 0 Å². The highest BCUT2D eigenvalue weighted by Gasteiger charge is 2.45. The number of hydrogen-bond acceptors (Lipinski definition) is 2. The van der Waals surface area contributed by atoms with Gasteiger partial charge in [-0.15, -0.1) is 0 Å². The Hall–Kier alpha value is -0.570. The van der Waals surface area contributed by atoms with Crippen molar-refractivity contribution in [3.63, 3.8) is 0 Å². The van der Waals surface area contributed by atoms with Gasteiger partial charge in [-0.3, -0.25) is 10.1 Å². The van der Waals surface area contributed by atoms with Gasteiger partial charge in [-0.05, 0) is 36.5 Å². The summed E-state index contributed by atoms with van der Waals surface area (Å²) in [5.74, 6) is 1.24. The first-order chi connectivity index (χ1) is 9.94. The number of amides is 1. The summed E-state index contributed by atoms with van der Waals surface area (Å²) in [7, 11) is 0. The van der Waals surface area contributed by atoms with Crippen LogP contribution in [0, 0.1) is 17.3 Å². The van der Waals surface area contributed by atoms with Gasteiger partial charge in [-0.2, -0.15) is 0 Å². The maximum atomic E-state index is 12.9. The molecule has 1 aliphatic carbocycles. The maximum Gasteiger partial charge on any atom is 0.241 e. The second-order valence-electron chi connectivity index (χ2n) is 7.75. The van der Waals surface area contributed by atoms with Crippen LogP contribution in [-0.4, -0.2) is 29.6 Å². The van der Waals surface area contributed by atoms with Gasteiger partial charge in [0.2, 0.25) is 5.91 Å². The van der Waals surface area contributed by atoms with E-state index in [1.165, 1.54) is 32.1 Å². The molecule has 1 amide bonds. The van der Waals surface area contributed by atoms with E-state index >= 15 is 0 Å². The van der Waals surface area contributed by atoms with Crippen molar-refractivity contribution >= 4 is 5.91 Å². The van der Waals surface area contributed by atoms with Gasteiger partial charge in [0.25, 0.3) is 0 Å². The highest BCUT2D eigenvalue weighted by atomic mass is 16.2. The van der Waals surface area contributed by atoms with Crippen LogP contribution in [0.2, 0.25) is 0 Å². The third-order valence-electron chi connectivity index (χ3n) is 6.00. The zero-order chi connectivity index (χ0) is 15.6. The summed E-state index contributed by atoms with van der Waals surface area (Å²) >= 11 is 0. The minimum atomic E-state index is 0.0257. The van der Waals surface area contributed by atoms with Crippen molar-refractivity contribution in [3.8, 4) is 0 Å². The Balaban J connectivity index is 2.16. The molecule has 1 N–H and O–H groups in total. The second-order valence-corrected chi connectivity index (χ2v) is 7.75. The first-order valence-electron chi connectivity index (χ1n) is 9.00. The van der Waals surface area contributed by atoms with Gasteiger partial charge in [0.15, 0.2) is 0 Å². The molecule has 3 heteroatoms. The topological polar surface area (TPSA) is 32.3 Å².